The van der Waals surface area contributed by atoms with Crippen LogP contribution in [0.2, 0.25) is 0 Å². The molecule has 0 heterocycles. The van der Waals surface area contributed by atoms with Gasteiger partial charge >= 0.3 is 0 Å². The molecule has 0 aromatic rings. The zero-order valence-electron chi connectivity index (χ0n) is 8.63. The number of carbonyl (C=O) groups is 2. The average Bonchev–Trinajstić information content (AvgIpc) is 2.10. The Morgan fingerprint density at radius 2 is 1.58 bits per heavy atom. The van der Waals surface area contributed by atoms with Crippen molar-refractivity contribution in [3.63, 3.8) is 0 Å². The van der Waals surface area contributed by atoms with E-state index in [9.17, 15) is 9.59 Å². The first-order chi connectivity index (χ1) is 5.68. The predicted molar refractivity (Wildman–Crippen MR) is 50.8 cm³/mol. The fourth-order valence-electron chi connectivity index (χ4n) is 0.0833. The SMILES string of the molecule is CC.CCNC=O.CN(C)C=O. The van der Waals surface area contributed by atoms with Gasteiger partial charge in [0.2, 0.25) is 12.8 Å². The third kappa shape index (κ3) is 65.2. The fourth-order valence-corrected chi connectivity index (χ4v) is 0.0833. The predicted octanol–water partition coefficient (Wildman–Crippen LogP) is 0.483. The molecule has 0 rings (SSSR count). The second kappa shape index (κ2) is 22.5. The summed E-state index contributed by atoms with van der Waals surface area (Å²) < 4.78 is 0. The van der Waals surface area contributed by atoms with Gasteiger partial charge in [-0.15, -0.1) is 0 Å². The molecule has 0 fully saturated rings. The summed E-state index contributed by atoms with van der Waals surface area (Å²) in [6, 6.07) is 0. The van der Waals surface area contributed by atoms with E-state index in [1.54, 1.807) is 14.1 Å². The fraction of sp³-hybridized carbons (Fsp3) is 0.750. The van der Waals surface area contributed by atoms with Gasteiger partial charge in [0.1, 0.15) is 0 Å². The highest BCUT2D eigenvalue weighted by Crippen LogP contribution is 1.52. The topological polar surface area (TPSA) is 49.4 Å². The van der Waals surface area contributed by atoms with Crippen molar-refractivity contribution >= 4 is 12.8 Å². The van der Waals surface area contributed by atoms with Crippen LogP contribution in [-0.4, -0.2) is 38.4 Å². The van der Waals surface area contributed by atoms with E-state index in [4.69, 9.17) is 0 Å². The smallest absolute Gasteiger partial charge is 0.209 e. The van der Waals surface area contributed by atoms with Crippen LogP contribution in [0.3, 0.4) is 0 Å². The number of nitrogens with one attached hydrogen (secondary N) is 1. The molecule has 0 spiro atoms. The summed E-state index contributed by atoms with van der Waals surface area (Å²) in [7, 11) is 3.38. The molecule has 0 radical (unpaired) electrons. The van der Waals surface area contributed by atoms with Crippen molar-refractivity contribution in [2.75, 3.05) is 20.6 Å². The van der Waals surface area contributed by atoms with Gasteiger partial charge in [0, 0.05) is 20.6 Å². The van der Waals surface area contributed by atoms with Crippen LogP contribution in [-0.2, 0) is 9.59 Å². The van der Waals surface area contributed by atoms with Gasteiger partial charge in [0.05, 0.1) is 0 Å². The van der Waals surface area contributed by atoms with Crippen LogP contribution >= 0.6 is 0 Å². The monoisotopic (exact) mass is 176 g/mol. The Bertz CT molecular complexity index is 85.1. The van der Waals surface area contributed by atoms with Gasteiger partial charge in [-0.25, -0.2) is 0 Å². The molecule has 0 bridgehead atoms. The Balaban J connectivity index is -0.000000112. The van der Waals surface area contributed by atoms with E-state index in [0.717, 1.165) is 13.0 Å². The van der Waals surface area contributed by atoms with Crippen molar-refractivity contribution in [3.05, 3.63) is 0 Å². The van der Waals surface area contributed by atoms with E-state index < -0.39 is 0 Å². The highest BCUT2D eigenvalue weighted by molar-refractivity contribution is 5.45. The third-order valence-electron chi connectivity index (χ3n) is 0.498. The van der Waals surface area contributed by atoms with Crippen molar-refractivity contribution in [2.24, 2.45) is 0 Å². The van der Waals surface area contributed by atoms with Crippen LogP contribution in [0.1, 0.15) is 20.8 Å². The van der Waals surface area contributed by atoms with Crippen LogP contribution in [0.5, 0.6) is 0 Å². The number of hydrogen-bond donors (Lipinski definition) is 1. The summed E-state index contributed by atoms with van der Waals surface area (Å²) in [5.41, 5.74) is 0. The summed E-state index contributed by atoms with van der Waals surface area (Å²) >= 11 is 0. The molecule has 1 N–H and O–H groups in total. The third-order valence-corrected chi connectivity index (χ3v) is 0.498. The Kier molecular flexibility index (Phi) is 32.2. The lowest BCUT2D eigenvalue weighted by molar-refractivity contribution is -0.116. The maximum atomic E-state index is 9.43. The molecule has 0 aliphatic heterocycles. The number of hydrogen-bond acceptors (Lipinski definition) is 2. The van der Waals surface area contributed by atoms with E-state index in [-0.39, 0.29) is 0 Å². The highest BCUT2D eigenvalue weighted by atomic mass is 16.1. The van der Waals surface area contributed by atoms with Gasteiger partial charge in [0.25, 0.3) is 0 Å². The maximum absolute atomic E-state index is 9.43. The molecule has 4 nitrogen and oxygen atoms in total. The average molecular weight is 176 g/mol. The largest absolute Gasteiger partial charge is 0.359 e. The maximum Gasteiger partial charge on any atom is 0.209 e. The van der Waals surface area contributed by atoms with Crippen molar-refractivity contribution in [1.82, 2.24) is 10.2 Å². The molecule has 0 aliphatic carbocycles. The van der Waals surface area contributed by atoms with Gasteiger partial charge in [-0.05, 0) is 6.92 Å². The van der Waals surface area contributed by atoms with Crippen molar-refractivity contribution < 1.29 is 9.59 Å². The summed E-state index contributed by atoms with van der Waals surface area (Å²) in [6.07, 6.45) is 1.43. The van der Waals surface area contributed by atoms with Gasteiger partial charge in [-0.2, -0.15) is 0 Å². The zero-order valence-corrected chi connectivity index (χ0v) is 8.63. The summed E-state index contributed by atoms with van der Waals surface area (Å²) in [4.78, 5) is 20.2. The van der Waals surface area contributed by atoms with Crippen molar-refractivity contribution in [3.8, 4) is 0 Å². The molecular formula is C8H20N2O2. The molecule has 4 heteroatoms. The lowest BCUT2D eigenvalue weighted by Crippen LogP contribution is -2.07. The van der Waals surface area contributed by atoms with Crippen molar-refractivity contribution in [2.45, 2.75) is 20.8 Å². The van der Waals surface area contributed by atoms with Gasteiger partial charge in [0.15, 0.2) is 0 Å². The Labute approximate surface area is 74.9 Å². The second-order valence-corrected chi connectivity index (χ2v) is 1.74. The number of rotatable bonds is 3. The quantitative estimate of drug-likeness (QED) is 0.636. The van der Waals surface area contributed by atoms with E-state index >= 15 is 0 Å². The first kappa shape index (κ1) is 17.1. The first-order valence-corrected chi connectivity index (χ1v) is 3.97. The number of amides is 2. The highest BCUT2D eigenvalue weighted by Gasteiger charge is 1.68. The van der Waals surface area contributed by atoms with Crippen LogP contribution in [0.15, 0.2) is 0 Å². The molecular weight excluding hydrogens is 156 g/mol. The Hall–Kier alpha value is -1.06. The summed E-state index contributed by atoms with van der Waals surface area (Å²) in [5.74, 6) is 0. The van der Waals surface area contributed by atoms with E-state index in [2.05, 4.69) is 5.32 Å². The number of nitrogens with zero attached hydrogens (tertiary/aromatic N) is 1. The van der Waals surface area contributed by atoms with Gasteiger partial charge in [-0.1, -0.05) is 13.8 Å². The lowest BCUT2D eigenvalue weighted by atomic mass is 10.8. The normalized spacial score (nSPS) is 6.08. The molecule has 0 saturated heterocycles. The van der Waals surface area contributed by atoms with Crippen LogP contribution in [0.25, 0.3) is 0 Å². The van der Waals surface area contributed by atoms with E-state index in [1.807, 2.05) is 20.8 Å². The molecule has 74 valence electrons. The summed E-state index contributed by atoms with van der Waals surface area (Å²) in [6.45, 7) is 6.60. The molecule has 12 heavy (non-hydrogen) atoms. The van der Waals surface area contributed by atoms with Crippen LogP contribution < -0.4 is 5.32 Å². The minimum absolute atomic E-state index is 0.681. The molecule has 0 atom stereocenters. The number of carbonyl (C=O) groups excluding carboxylic acids is 2. The molecule has 2 amide bonds. The van der Waals surface area contributed by atoms with Crippen LogP contribution in [0, 0.1) is 0 Å². The zero-order chi connectivity index (χ0) is 10.4. The molecule has 0 saturated carbocycles. The molecule has 0 unspecified atom stereocenters. The molecule has 0 aliphatic rings. The minimum atomic E-state index is 0.681. The van der Waals surface area contributed by atoms with Gasteiger partial charge in [-0.3, -0.25) is 9.59 Å². The van der Waals surface area contributed by atoms with Crippen molar-refractivity contribution in [1.29, 1.82) is 0 Å². The Morgan fingerprint density at radius 1 is 1.25 bits per heavy atom. The van der Waals surface area contributed by atoms with E-state index in [1.165, 1.54) is 4.90 Å². The Morgan fingerprint density at radius 3 is 1.58 bits per heavy atom. The molecule has 0 aromatic carbocycles. The standard InChI is InChI=1S/2C3H7NO.C2H6/c1-4(2)3-5;1-2-4-3-5;1-2/h3H,1-2H3;3H,2H2,1H3,(H,4,5);1-2H3. The molecule has 0 aromatic heterocycles. The van der Waals surface area contributed by atoms with E-state index in [0.29, 0.717) is 6.41 Å². The van der Waals surface area contributed by atoms with Crippen LogP contribution in [0.4, 0.5) is 0 Å². The second-order valence-electron chi connectivity index (χ2n) is 1.74. The first-order valence-electron chi connectivity index (χ1n) is 3.97. The lowest BCUT2D eigenvalue weighted by Gasteiger charge is -1.93. The minimum Gasteiger partial charge on any atom is -0.359 e. The van der Waals surface area contributed by atoms with Gasteiger partial charge < -0.3 is 10.2 Å². The summed E-state index contributed by atoms with van der Waals surface area (Å²) in [5, 5.41) is 2.43.